The van der Waals surface area contributed by atoms with Crippen LogP contribution in [0.4, 0.5) is 0 Å². The van der Waals surface area contributed by atoms with Gasteiger partial charge in [0.1, 0.15) is 6.04 Å². The summed E-state index contributed by atoms with van der Waals surface area (Å²) in [6, 6.07) is 5.04. The molecule has 2 rings (SSSR count). The number of hydrogen-bond acceptors (Lipinski definition) is 4. The molecule has 0 radical (unpaired) electrons. The quantitative estimate of drug-likeness (QED) is 0.854. The van der Waals surface area contributed by atoms with Crippen molar-refractivity contribution in [2.24, 2.45) is 0 Å². The second kappa shape index (κ2) is 7.88. The van der Waals surface area contributed by atoms with Crippen molar-refractivity contribution in [2.75, 3.05) is 12.3 Å². The highest BCUT2D eigenvalue weighted by molar-refractivity contribution is 7.89. The number of piperidine rings is 1. The fraction of sp³-hybridized carbons (Fsp3) is 0.625. The van der Waals surface area contributed by atoms with Crippen LogP contribution < -0.4 is 5.32 Å². The number of nitrogens with one attached hydrogen (secondary N) is 1. The predicted molar refractivity (Wildman–Crippen MR) is 89.2 cm³/mol. The van der Waals surface area contributed by atoms with E-state index in [0.29, 0.717) is 25.9 Å². The lowest BCUT2D eigenvalue weighted by atomic mass is 10.0. The molecule has 1 unspecified atom stereocenters. The molecule has 1 N–H and O–H groups in total. The molecule has 1 saturated heterocycles. The maximum absolute atomic E-state index is 12.5. The summed E-state index contributed by atoms with van der Waals surface area (Å²) >= 11 is 0. The Morgan fingerprint density at radius 2 is 2.17 bits per heavy atom. The minimum Gasteiger partial charge on any atom is -0.349 e. The number of aromatic nitrogens is 1. The van der Waals surface area contributed by atoms with E-state index >= 15 is 0 Å². The highest BCUT2D eigenvalue weighted by atomic mass is 32.2. The SMILES string of the molecule is CCCS(=O)(=O)N1CCCCC1C(=O)NCc1cccc(C)n1. The maximum atomic E-state index is 12.5. The normalized spacial score (nSPS) is 19.5. The second-order valence-corrected chi connectivity index (χ2v) is 7.97. The van der Waals surface area contributed by atoms with Gasteiger partial charge in [-0.25, -0.2) is 8.42 Å². The third-order valence-electron chi connectivity index (χ3n) is 3.97. The van der Waals surface area contributed by atoms with Crippen molar-refractivity contribution in [3.05, 3.63) is 29.6 Å². The first-order valence-corrected chi connectivity index (χ1v) is 9.74. The number of sulfonamides is 1. The number of carbonyl (C=O) groups is 1. The molecule has 0 saturated carbocycles. The van der Waals surface area contributed by atoms with E-state index < -0.39 is 16.1 Å². The van der Waals surface area contributed by atoms with E-state index in [1.165, 1.54) is 4.31 Å². The van der Waals surface area contributed by atoms with Crippen LogP contribution in [0, 0.1) is 6.92 Å². The number of carbonyl (C=O) groups excluding carboxylic acids is 1. The average molecular weight is 339 g/mol. The van der Waals surface area contributed by atoms with Crippen molar-refractivity contribution in [3.63, 3.8) is 0 Å². The monoisotopic (exact) mass is 339 g/mol. The molecule has 6 nitrogen and oxygen atoms in total. The molecule has 23 heavy (non-hydrogen) atoms. The molecule has 1 aromatic heterocycles. The van der Waals surface area contributed by atoms with E-state index in [-0.39, 0.29) is 11.7 Å². The zero-order chi connectivity index (χ0) is 16.9. The minimum absolute atomic E-state index is 0.0935. The van der Waals surface area contributed by atoms with E-state index in [1.807, 2.05) is 32.0 Å². The van der Waals surface area contributed by atoms with Gasteiger partial charge < -0.3 is 5.32 Å². The smallest absolute Gasteiger partial charge is 0.238 e. The summed E-state index contributed by atoms with van der Waals surface area (Å²) in [7, 11) is -3.36. The lowest BCUT2D eigenvalue weighted by Crippen LogP contribution is -2.52. The van der Waals surface area contributed by atoms with Gasteiger partial charge in [0.2, 0.25) is 15.9 Å². The van der Waals surface area contributed by atoms with Crippen molar-refractivity contribution in [1.82, 2.24) is 14.6 Å². The topological polar surface area (TPSA) is 79.4 Å². The van der Waals surface area contributed by atoms with Gasteiger partial charge in [-0.15, -0.1) is 0 Å². The number of pyridine rings is 1. The summed E-state index contributed by atoms with van der Waals surface area (Å²) in [5.74, 6) is -0.136. The van der Waals surface area contributed by atoms with E-state index in [2.05, 4.69) is 10.3 Å². The molecule has 1 atom stereocenters. The predicted octanol–water partition coefficient (Wildman–Crippen LogP) is 1.60. The van der Waals surface area contributed by atoms with Crippen LogP contribution in [0.2, 0.25) is 0 Å². The molecular formula is C16H25N3O3S. The maximum Gasteiger partial charge on any atom is 0.238 e. The summed E-state index contributed by atoms with van der Waals surface area (Å²) in [4.78, 5) is 16.8. The molecule has 1 aliphatic rings. The largest absolute Gasteiger partial charge is 0.349 e. The highest BCUT2D eigenvalue weighted by Gasteiger charge is 2.35. The fourth-order valence-corrected chi connectivity index (χ4v) is 4.62. The molecule has 1 fully saturated rings. The third kappa shape index (κ3) is 4.75. The van der Waals surface area contributed by atoms with Crippen molar-refractivity contribution < 1.29 is 13.2 Å². The zero-order valence-corrected chi connectivity index (χ0v) is 14.6. The molecular weight excluding hydrogens is 314 g/mol. The number of hydrogen-bond donors (Lipinski definition) is 1. The Kier molecular flexibility index (Phi) is 6.12. The van der Waals surface area contributed by atoms with E-state index in [9.17, 15) is 13.2 Å². The lowest BCUT2D eigenvalue weighted by Gasteiger charge is -2.33. The fourth-order valence-electron chi connectivity index (χ4n) is 2.87. The summed E-state index contributed by atoms with van der Waals surface area (Å²) in [6.45, 7) is 4.48. The molecule has 0 aromatic carbocycles. The van der Waals surface area contributed by atoms with Gasteiger partial charge in [-0.2, -0.15) is 4.31 Å². The Morgan fingerprint density at radius 3 is 2.87 bits per heavy atom. The van der Waals surface area contributed by atoms with E-state index in [4.69, 9.17) is 0 Å². The number of nitrogens with zero attached hydrogens (tertiary/aromatic N) is 2. The third-order valence-corrected chi connectivity index (χ3v) is 6.04. The summed E-state index contributed by atoms with van der Waals surface area (Å²) < 4.78 is 26.1. The van der Waals surface area contributed by atoms with Crippen LogP contribution in [-0.2, 0) is 21.4 Å². The lowest BCUT2D eigenvalue weighted by molar-refractivity contribution is -0.125. The first-order valence-electron chi connectivity index (χ1n) is 8.14. The Balaban J connectivity index is 2.03. The van der Waals surface area contributed by atoms with Crippen molar-refractivity contribution in [3.8, 4) is 0 Å². The Bertz CT molecular complexity index is 646. The Morgan fingerprint density at radius 1 is 1.39 bits per heavy atom. The van der Waals surface area contributed by atoms with Crippen LogP contribution in [0.25, 0.3) is 0 Å². The van der Waals surface area contributed by atoms with Gasteiger partial charge in [0, 0.05) is 12.2 Å². The van der Waals surface area contributed by atoms with Crippen LogP contribution in [-0.4, -0.2) is 42.0 Å². The Labute approximate surface area is 138 Å². The van der Waals surface area contributed by atoms with Gasteiger partial charge in [0.15, 0.2) is 0 Å². The molecule has 1 aliphatic heterocycles. The van der Waals surface area contributed by atoms with Gasteiger partial charge in [0.05, 0.1) is 18.0 Å². The van der Waals surface area contributed by atoms with Crippen LogP contribution in [0.3, 0.4) is 0 Å². The van der Waals surface area contributed by atoms with Gasteiger partial charge in [-0.1, -0.05) is 19.4 Å². The Hall–Kier alpha value is -1.47. The highest BCUT2D eigenvalue weighted by Crippen LogP contribution is 2.21. The van der Waals surface area contributed by atoms with Gasteiger partial charge in [-0.3, -0.25) is 9.78 Å². The van der Waals surface area contributed by atoms with Crippen LogP contribution in [0.1, 0.15) is 44.0 Å². The number of amides is 1. The number of aryl methyl sites for hydroxylation is 1. The summed E-state index contributed by atoms with van der Waals surface area (Å²) in [5.41, 5.74) is 1.67. The van der Waals surface area contributed by atoms with Crippen LogP contribution in [0.5, 0.6) is 0 Å². The molecule has 2 heterocycles. The first-order chi connectivity index (χ1) is 10.9. The number of rotatable bonds is 6. The summed E-state index contributed by atoms with van der Waals surface area (Å²) in [6.07, 6.45) is 2.82. The van der Waals surface area contributed by atoms with E-state index in [1.54, 1.807) is 0 Å². The molecule has 128 valence electrons. The molecule has 1 aromatic rings. The van der Waals surface area contributed by atoms with Gasteiger partial charge in [-0.05, 0) is 38.3 Å². The van der Waals surface area contributed by atoms with Crippen molar-refractivity contribution >= 4 is 15.9 Å². The van der Waals surface area contributed by atoms with E-state index in [0.717, 1.165) is 24.2 Å². The molecule has 1 amide bonds. The molecule has 7 heteroatoms. The van der Waals surface area contributed by atoms with Crippen molar-refractivity contribution in [1.29, 1.82) is 0 Å². The molecule has 0 aliphatic carbocycles. The average Bonchev–Trinajstić information content (AvgIpc) is 2.52. The van der Waals surface area contributed by atoms with Crippen LogP contribution >= 0.6 is 0 Å². The molecule has 0 spiro atoms. The minimum atomic E-state index is -3.36. The zero-order valence-electron chi connectivity index (χ0n) is 13.8. The first kappa shape index (κ1) is 17.9. The van der Waals surface area contributed by atoms with Gasteiger partial charge >= 0.3 is 0 Å². The second-order valence-electron chi connectivity index (χ2n) is 5.93. The summed E-state index contributed by atoms with van der Waals surface area (Å²) in [5, 5.41) is 2.83. The van der Waals surface area contributed by atoms with Crippen LogP contribution in [0.15, 0.2) is 18.2 Å². The van der Waals surface area contributed by atoms with Gasteiger partial charge in [0.25, 0.3) is 0 Å². The van der Waals surface area contributed by atoms with Crippen molar-refractivity contribution in [2.45, 2.75) is 52.1 Å². The standard InChI is InChI=1S/C16H25N3O3S/c1-3-11-23(21,22)19-10-5-4-9-15(19)16(20)17-12-14-8-6-7-13(2)18-14/h6-8,15H,3-5,9-12H2,1-2H3,(H,17,20). The molecule has 0 bridgehead atoms.